The number of hydrogen-bond donors (Lipinski definition) is 1. The molecule has 8 bridgehead atoms. The van der Waals surface area contributed by atoms with Gasteiger partial charge in [0.25, 0.3) is 23.6 Å². The van der Waals surface area contributed by atoms with E-state index in [9.17, 15) is 47.9 Å². The topological polar surface area (TPSA) is 284 Å². The highest BCUT2D eigenvalue weighted by Crippen LogP contribution is 2.50. The summed E-state index contributed by atoms with van der Waals surface area (Å²) in [6.45, 7) is 8.75. The fourth-order valence-electron chi connectivity index (χ4n) is 12.2. The molecule has 0 aliphatic carbocycles. The lowest BCUT2D eigenvalue weighted by atomic mass is 9.81. The molecule has 16 atom stereocenters. The summed E-state index contributed by atoms with van der Waals surface area (Å²) in [5.74, 6) is -6.93. The van der Waals surface area contributed by atoms with Crippen LogP contribution in [0.25, 0.3) is 0 Å². The highest BCUT2D eigenvalue weighted by Gasteiger charge is 2.65. The van der Waals surface area contributed by atoms with Crippen molar-refractivity contribution >= 4 is 59.4 Å². The molecule has 11 fully saturated rings. The molecule has 0 aromatic carbocycles. The molecule has 4 amide bonds. The van der Waals surface area contributed by atoms with E-state index in [1.165, 1.54) is 16.7 Å². The molecular formula is C55H62N2O20. The lowest BCUT2D eigenvalue weighted by molar-refractivity contribution is -0.189. The number of nitrogens with zero attached hydrogens (tertiary/aromatic N) is 2. The zero-order chi connectivity index (χ0) is 54.8. The van der Waals surface area contributed by atoms with Crippen LogP contribution in [0.5, 0.6) is 0 Å². The number of carbonyl (C=O) groups is 10. The van der Waals surface area contributed by atoms with Crippen LogP contribution >= 0.6 is 0 Å². The number of esters is 6. The van der Waals surface area contributed by atoms with E-state index in [0.717, 1.165) is 81.4 Å². The maximum absolute atomic E-state index is 12.5. The monoisotopic (exact) mass is 1070 g/mol. The summed E-state index contributed by atoms with van der Waals surface area (Å²) in [7, 11) is 0. The number of hydrogen-bond acceptors (Lipinski definition) is 20. The van der Waals surface area contributed by atoms with Crippen molar-refractivity contribution in [3.63, 3.8) is 0 Å². The van der Waals surface area contributed by atoms with E-state index in [2.05, 4.69) is 58.5 Å². The van der Waals surface area contributed by atoms with Gasteiger partial charge in [0.1, 0.15) is 11.8 Å². The number of amides is 4. The van der Waals surface area contributed by atoms with Crippen LogP contribution in [0.15, 0.2) is 88.3 Å². The highest BCUT2D eigenvalue weighted by atomic mass is 16.7. The van der Waals surface area contributed by atoms with Crippen LogP contribution in [0.1, 0.15) is 91.9 Å². The fraction of sp³-hybridized carbons (Fsp3) is 0.564. The number of allylic oxidation sites excluding steroid dienone is 5. The average Bonchev–Trinajstić information content (AvgIpc) is 4.34. The van der Waals surface area contributed by atoms with E-state index in [1.807, 2.05) is 30.4 Å². The molecule has 0 saturated carbocycles. The van der Waals surface area contributed by atoms with E-state index in [1.54, 1.807) is 12.5 Å². The smallest absolute Gasteiger partial charge is 0.338 e. The molecule has 0 radical (unpaired) electrons. The quantitative estimate of drug-likeness (QED) is 0.0893. The van der Waals surface area contributed by atoms with Gasteiger partial charge in [0.15, 0.2) is 0 Å². The Morgan fingerprint density at radius 2 is 0.896 bits per heavy atom. The summed E-state index contributed by atoms with van der Waals surface area (Å²) in [6.07, 6.45) is 24.0. The van der Waals surface area contributed by atoms with Gasteiger partial charge in [-0.3, -0.25) is 48.4 Å². The number of ether oxygens (including phenoxy) is 7. The van der Waals surface area contributed by atoms with Crippen LogP contribution in [-0.2, 0) is 85.9 Å². The second-order valence-corrected chi connectivity index (χ2v) is 21.1. The Hall–Kier alpha value is -6.56. The Morgan fingerprint density at radius 3 is 1.29 bits per heavy atom. The average molecular weight is 1070 g/mol. The zero-order valence-corrected chi connectivity index (χ0v) is 43.0. The van der Waals surface area contributed by atoms with Gasteiger partial charge in [-0.2, -0.15) is 10.1 Å². The highest BCUT2D eigenvalue weighted by molar-refractivity contribution is 6.06. The summed E-state index contributed by atoms with van der Waals surface area (Å²) >= 11 is 0. The number of carbonyl (C=O) groups excluding carboxylic acids is 10. The summed E-state index contributed by atoms with van der Waals surface area (Å²) in [6, 6.07) is 3.67. The lowest BCUT2D eigenvalue weighted by Crippen LogP contribution is -2.34. The molecule has 77 heavy (non-hydrogen) atoms. The minimum absolute atomic E-state index is 0.0426. The van der Waals surface area contributed by atoms with Gasteiger partial charge in [-0.25, -0.2) is 9.59 Å². The van der Waals surface area contributed by atoms with Crippen molar-refractivity contribution in [1.29, 1.82) is 0 Å². The van der Waals surface area contributed by atoms with Crippen LogP contribution < -0.4 is 0 Å². The maximum atomic E-state index is 12.5. The Balaban J connectivity index is 0.000000123. The third-order valence-corrected chi connectivity index (χ3v) is 15.9. The van der Waals surface area contributed by atoms with E-state index in [-0.39, 0.29) is 120 Å². The Kier molecular flexibility index (Phi) is 16.9. The number of hydroxylamine groups is 4. The molecule has 13 aliphatic rings. The third kappa shape index (κ3) is 11.5. The maximum Gasteiger partial charge on any atom is 0.338 e. The number of rotatable bonds is 9. The Morgan fingerprint density at radius 1 is 0.506 bits per heavy atom. The Bertz CT molecular complexity index is 2540. The van der Waals surface area contributed by atoms with E-state index in [4.69, 9.17) is 29.0 Å². The van der Waals surface area contributed by atoms with Crippen LogP contribution in [0, 0.1) is 47.3 Å². The van der Waals surface area contributed by atoms with Gasteiger partial charge in [0.2, 0.25) is 0 Å². The number of imide groups is 2. The molecule has 11 saturated heterocycles. The van der Waals surface area contributed by atoms with Crippen molar-refractivity contribution in [3.8, 4) is 0 Å². The summed E-state index contributed by atoms with van der Waals surface area (Å²) in [5.41, 5.74) is 3.99. The molecule has 0 spiro atoms. The molecule has 1 N–H and O–H groups in total. The first-order chi connectivity index (χ1) is 36.9. The van der Waals surface area contributed by atoms with Crippen LogP contribution in [-0.4, -0.2) is 130 Å². The second kappa shape index (κ2) is 23.6. The normalized spacial score (nSPS) is 36.2. The van der Waals surface area contributed by atoms with Crippen molar-refractivity contribution in [2.24, 2.45) is 47.3 Å². The van der Waals surface area contributed by atoms with Gasteiger partial charge in [0.05, 0.1) is 103 Å². The van der Waals surface area contributed by atoms with Crippen LogP contribution in [0.3, 0.4) is 0 Å². The molecule has 1 aromatic heterocycles. The zero-order valence-electron chi connectivity index (χ0n) is 43.0. The van der Waals surface area contributed by atoms with E-state index in [0.29, 0.717) is 0 Å². The Labute approximate surface area is 442 Å². The SMILES string of the molecule is CC(C)=CCC/C(C)=C/CC/C(C)=C/CON1C(=O)[C@@H]2[C@H](C1=O)[C@H]1CC[C@@H]2O1.O=C1C=CC(=O)O1.O=C1OC(=O)[C@H]2[C@@H]1[C@@H]1C=C[C@H]2O1.O=C1OC(=O)[C@H]2[C@@H]1[C@@H]1CC[C@H]2O1.O=C1[C@@H]2[C@H](C(=O)N1O)[C@H]1CC[C@@H]2O1.c1ccoc1. The van der Waals surface area contributed by atoms with Gasteiger partial charge in [-0.05, 0) is 104 Å². The molecule has 22 heteroatoms. The van der Waals surface area contributed by atoms with Crippen LogP contribution in [0.4, 0.5) is 0 Å². The van der Waals surface area contributed by atoms with Gasteiger partial charge in [-0.15, -0.1) is 0 Å². The predicted molar refractivity (Wildman–Crippen MR) is 257 cm³/mol. The van der Waals surface area contributed by atoms with Gasteiger partial charge >= 0.3 is 35.8 Å². The van der Waals surface area contributed by atoms with E-state index < -0.39 is 47.5 Å². The summed E-state index contributed by atoms with van der Waals surface area (Å²) in [5, 5.41) is 10.4. The molecule has 14 heterocycles. The molecule has 0 unspecified atom stereocenters. The largest absolute Gasteiger partial charge is 0.473 e. The van der Waals surface area contributed by atoms with Crippen molar-refractivity contribution in [3.05, 3.63) is 83.9 Å². The standard InChI is InChI=1S/C23H33NO4.C8H9NO4.C8H8O4.C8H6O4.C4H2O3.C4H4O/c1-15(2)7-5-8-16(3)9-6-10-17(4)13-14-27-24-22(25)20-18-11-12-19(28-18)21(20)23(24)26;10-7-5-3-1-2-4(13-3)6(5)8(11)9(7)12;2*9-7-5-3-1-2-4(11-3)6(5)8(10)12-7;5-3-1-2-4(6)7-3;1-2-4-5-3-1/h7,9,13,18-21H,5-6,8,10-12,14H2,1-4H3;3-6,12H,1-2H2;3-6H,1-2H2;1-6H;1-2H;1-4H/b16-9+,17-13+;;;;;/t18-,19+,20-,21+;3*3-,4+,5-,6+;;. The fourth-order valence-corrected chi connectivity index (χ4v) is 12.2. The first-order valence-electron chi connectivity index (χ1n) is 26.2. The third-order valence-electron chi connectivity index (χ3n) is 15.9. The van der Waals surface area contributed by atoms with E-state index >= 15 is 0 Å². The minimum atomic E-state index is -0.579. The van der Waals surface area contributed by atoms with Gasteiger partial charge < -0.3 is 37.6 Å². The minimum Gasteiger partial charge on any atom is -0.473 e. The molecule has 22 nitrogen and oxygen atoms in total. The molecule has 14 rings (SSSR count). The van der Waals surface area contributed by atoms with Crippen molar-refractivity contribution in [2.75, 3.05) is 6.61 Å². The van der Waals surface area contributed by atoms with Crippen molar-refractivity contribution in [1.82, 2.24) is 10.1 Å². The van der Waals surface area contributed by atoms with Crippen molar-refractivity contribution < 1.29 is 95.6 Å². The number of fused-ring (bicyclic) bond motifs is 20. The molecule has 412 valence electrons. The first kappa shape index (κ1) is 55.2. The molecular weight excluding hydrogens is 1010 g/mol. The number of furan rings is 1. The van der Waals surface area contributed by atoms with Crippen molar-refractivity contribution in [2.45, 2.75) is 141 Å². The summed E-state index contributed by atoms with van der Waals surface area (Å²) in [4.78, 5) is 118. The van der Waals surface area contributed by atoms with Gasteiger partial charge in [-0.1, -0.05) is 47.1 Å². The molecule has 13 aliphatic heterocycles. The second-order valence-electron chi connectivity index (χ2n) is 21.1. The summed E-state index contributed by atoms with van der Waals surface area (Å²) < 4.78 is 39.6. The molecule has 1 aromatic rings. The van der Waals surface area contributed by atoms with Crippen LogP contribution in [0.2, 0.25) is 0 Å². The first-order valence-corrected chi connectivity index (χ1v) is 26.2. The predicted octanol–water partition coefficient (Wildman–Crippen LogP) is 4.45. The lowest BCUT2D eigenvalue weighted by Gasteiger charge is -2.15. The number of cyclic esters (lactones) is 6. The van der Waals surface area contributed by atoms with Gasteiger partial charge in [0, 0.05) is 12.2 Å².